The summed E-state index contributed by atoms with van der Waals surface area (Å²) in [5, 5.41) is 8.33. The van der Waals surface area contributed by atoms with Crippen molar-refractivity contribution in [3.8, 4) is 0 Å². The van der Waals surface area contributed by atoms with Crippen LogP contribution in [0.2, 0.25) is 0 Å². The molecule has 0 bridgehead atoms. The molecule has 0 amide bonds. The third-order valence-electron chi connectivity index (χ3n) is 3.75. The van der Waals surface area contributed by atoms with Crippen LogP contribution in [0.25, 0.3) is 0 Å². The molecule has 0 spiro atoms. The topological polar surface area (TPSA) is 29.9 Å². The minimum atomic E-state index is 0.469. The van der Waals surface area contributed by atoms with E-state index in [0.29, 0.717) is 12.1 Å². The Morgan fingerprint density at radius 1 is 1.44 bits per heavy atom. The predicted molar refractivity (Wildman–Crippen MR) is 75.7 cm³/mol. The molecule has 2 rings (SSSR count). The van der Waals surface area contributed by atoms with Crippen molar-refractivity contribution >= 4 is 0 Å². The van der Waals surface area contributed by atoms with Gasteiger partial charge in [0.05, 0.1) is 5.69 Å². The average Bonchev–Trinajstić information content (AvgIpc) is 3.07. The van der Waals surface area contributed by atoms with Gasteiger partial charge in [-0.05, 0) is 64.5 Å². The van der Waals surface area contributed by atoms with Crippen LogP contribution in [0.1, 0.15) is 58.2 Å². The average molecular weight is 249 g/mol. The van der Waals surface area contributed by atoms with Gasteiger partial charge in [0.2, 0.25) is 0 Å². The minimum absolute atomic E-state index is 0.469. The molecule has 0 aliphatic heterocycles. The molecule has 1 saturated carbocycles. The van der Waals surface area contributed by atoms with E-state index >= 15 is 0 Å². The number of nitrogens with one attached hydrogen (secondary N) is 1. The first kappa shape index (κ1) is 13.6. The van der Waals surface area contributed by atoms with Crippen LogP contribution in [0, 0.1) is 5.92 Å². The van der Waals surface area contributed by atoms with Crippen molar-refractivity contribution in [1.82, 2.24) is 15.1 Å². The van der Waals surface area contributed by atoms with Gasteiger partial charge in [0.15, 0.2) is 0 Å². The molecule has 0 radical (unpaired) electrons. The number of hydrogen-bond donors (Lipinski definition) is 1. The van der Waals surface area contributed by atoms with E-state index in [2.05, 4.69) is 48.1 Å². The summed E-state index contributed by atoms with van der Waals surface area (Å²) >= 11 is 0. The van der Waals surface area contributed by atoms with Crippen LogP contribution in [-0.4, -0.2) is 22.4 Å². The van der Waals surface area contributed by atoms with Crippen LogP contribution < -0.4 is 5.32 Å². The number of rotatable bonds is 8. The van der Waals surface area contributed by atoms with Crippen LogP contribution in [0.15, 0.2) is 12.3 Å². The van der Waals surface area contributed by atoms with Crippen molar-refractivity contribution in [3.63, 3.8) is 0 Å². The minimum Gasteiger partial charge on any atom is -0.314 e. The van der Waals surface area contributed by atoms with Crippen molar-refractivity contribution in [3.05, 3.63) is 18.0 Å². The molecular weight excluding hydrogens is 222 g/mol. The molecule has 102 valence electrons. The van der Waals surface area contributed by atoms with Crippen molar-refractivity contribution in [2.45, 2.75) is 65.0 Å². The Bertz CT molecular complexity index is 352. The largest absolute Gasteiger partial charge is 0.314 e. The third kappa shape index (κ3) is 3.84. The predicted octanol–water partition coefficient (Wildman–Crippen LogP) is 3.17. The van der Waals surface area contributed by atoms with Gasteiger partial charge < -0.3 is 5.32 Å². The first-order valence-corrected chi connectivity index (χ1v) is 7.48. The molecule has 1 aliphatic carbocycles. The molecule has 1 N–H and O–H groups in total. The summed E-state index contributed by atoms with van der Waals surface area (Å²) < 4.78 is 2.06. The smallest absolute Gasteiger partial charge is 0.0625 e. The second kappa shape index (κ2) is 6.37. The van der Waals surface area contributed by atoms with Crippen LogP contribution in [0.3, 0.4) is 0 Å². The van der Waals surface area contributed by atoms with E-state index in [1.54, 1.807) is 0 Å². The molecule has 1 aromatic heterocycles. The molecule has 18 heavy (non-hydrogen) atoms. The first-order valence-electron chi connectivity index (χ1n) is 7.48. The van der Waals surface area contributed by atoms with E-state index in [0.717, 1.165) is 18.9 Å². The number of aromatic nitrogens is 2. The van der Waals surface area contributed by atoms with Gasteiger partial charge in [-0.1, -0.05) is 6.92 Å². The van der Waals surface area contributed by atoms with E-state index in [-0.39, 0.29) is 0 Å². The highest BCUT2D eigenvalue weighted by atomic mass is 15.3. The lowest BCUT2D eigenvalue weighted by Crippen LogP contribution is -2.32. The molecule has 1 fully saturated rings. The highest BCUT2D eigenvalue weighted by Gasteiger charge is 2.30. The van der Waals surface area contributed by atoms with Gasteiger partial charge in [0.1, 0.15) is 0 Å². The van der Waals surface area contributed by atoms with Crippen molar-refractivity contribution in [1.29, 1.82) is 0 Å². The standard InChI is InChI=1S/C15H27N3/c1-4-10-16-15(13-5-6-13)8-7-14-9-11-18(17-14)12(2)3/h9,11-13,15-16H,4-8,10H2,1-3H3. The molecule has 1 aromatic rings. The lowest BCUT2D eigenvalue weighted by atomic mass is 10.1. The summed E-state index contributed by atoms with van der Waals surface area (Å²) in [6.07, 6.45) is 8.51. The fourth-order valence-corrected chi connectivity index (χ4v) is 2.43. The van der Waals surface area contributed by atoms with Gasteiger partial charge in [-0.15, -0.1) is 0 Å². The van der Waals surface area contributed by atoms with Gasteiger partial charge in [0.25, 0.3) is 0 Å². The van der Waals surface area contributed by atoms with Crippen molar-refractivity contribution in [2.75, 3.05) is 6.54 Å². The normalized spacial score (nSPS) is 17.3. The Balaban J connectivity index is 1.80. The number of hydrogen-bond acceptors (Lipinski definition) is 2. The summed E-state index contributed by atoms with van der Waals surface area (Å²) in [6.45, 7) is 7.74. The first-order chi connectivity index (χ1) is 8.70. The zero-order valence-corrected chi connectivity index (χ0v) is 12.0. The summed E-state index contributed by atoms with van der Waals surface area (Å²) in [5.41, 5.74) is 1.24. The molecule has 1 aliphatic rings. The zero-order valence-electron chi connectivity index (χ0n) is 12.0. The van der Waals surface area contributed by atoms with Crippen LogP contribution in [0.5, 0.6) is 0 Å². The van der Waals surface area contributed by atoms with Gasteiger partial charge in [-0.25, -0.2) is 0 Å². The zero-order chi connectivity index (χ0) is 13.0. The quantitative estimate of drug-likeness (QED) is 0.767. The van der Waals surface area contributed by atoms with Gasteiger partial charge in [0, 0.05) is 18.3 Å². The summed E-state index contributed by atoms with van der Waals surface area (Å²) in [5.74, 6) is 0.934. The lowest BCUT2D eigenvalue weighted by Gasteiger charge is -2.17. The molecule has 0 saturated heterocycles. The van der Waals surface area contributed by atoms with Gasteiger partial charge in [-0.2, -0.15) is 5.10 Å². The summed E-state index contributed by atoms with van der Waals surface area (Å²) in [4.78, 5) is 0. The third-order valence-corrected chi connectivity index (χ3v) is 3.75. The number of nitrogens with zero attached hydrogens (tertiary/aromatic N) is 2. The summed E-state index contributed by atoms with van der Waals surface area (Å²) in [7, 11) is 0. The molecule has 1 heterocycles. The van der Waals surface area contributed by atoms with Gasteiger partial charge in [-0.3, -0.25) is 4.68 Å². The second-order valence-corrected chi connectivity index (χ2v) is 5.82. The molecular formula is C15H27N3. The van der Waals surface area contributed by atoms with Crippen molar-refractivity contribution < 1.29 is 0 Å². The molecule has 0 aromatic carbocycles. The molecule has 1 atom stereocenters. The fraction of sp³-hybridized carbons (Fsp3) is 0.800. The SMILES string of the molecule is CCCNC(CCc1ccn(C(C)C)n1)C1CC1. The fourth-order valence-electron chi connectivity index (χ4n) is 2.43. The van der Waals surface area contributed by atoms with E-state index < -0.39 is 0 Å². The second-order valence-electron chi connectivity index (χ2n) is 5.82. The monoisotopic (exact) mass is 249 g/mol. The van der Waals surface area contributed by atoms with E-state index in [1.807, 2.05) is 0 Å². The Hall–Kier alpha value is -0.830. The highest BCUT2D eigenvalue weighted by Crippen LogP contribution is 2.34. The Kier molecular flexibility index (Phi) is 4.81. The highest BCUT2D eigenvalue weighted by molar-refractivity contribution is 5.01. The lowest BCUT2D eigenvalue weighted by molar-refractivity contribution is 0.432. The van der Waals surface area contributed by atoms with Gasteiger partial charge >= 0.3 is 0 Å². The molecule has 3 heteroatoms. The van der Waals surface area contributed by atoms with Crippen LogP contribution in [-0.2, 0) is 6.42 Å². The molecule has 1 unspecified atom stereocenters. The van der Waals surface area contributed by atoms with Crippen LogP contribution >= 0.6 is 0 Å². The van der Waals surface area contributed by atoms with E-state index in [1.165, 1.54) is 31.4 Å². The van der Waals surface area contributed by atoms with E-state index in [4.69, 9.17) is 0 Å². The molecule has 3 nitrogen and oxygen atoms in total. The Morgan fingerprint density at radius 2 is 2.22 bits per heavy atom. The Labute approximate surface area is 111 Å². The summed E-state index contributed by atoms with van der Waals surface area (Å²) in [6, 6.07) is 3.36. The Morgan fingerprint density at radius 3 is 2.78 bits per heavy atom. The maximum atomic E-state index is 4.63. The van der Waals surface area contributed by atoms with Crippen LogP contribution in [0.4, 0.5) is 0 Å². The van der Waals surface area contributed by atoms with E-state index in [9.17, 15) is 0 Å². The number of aryl methyl sites for hydroxylation is 1. The maximum absolute atomic E-state index is 4.63. The van der Waals surface area contributed by atoms with Crippen molar-refractivity contribution in [2.24, 2.45) is 5.92 Å². The maximum Gasteiger partial charge on any atom is 0.0625 e.